The third kappa shape index (κ3) is 9.11. The summed E-state index contributed by atoms with van der Waals surface area (Å²) in [7, 11) is 2.12. The van der Waals surface area contributed by atoms with Gasteiger partial charge in [-0.05, 0) is 113 Å². The van der Waals surface area contributed by atoms with Crippen molar-refractivity contribution < 1.29 is 14.8 Å². The number of aliphatic hydroxyl groups excluding tert-OH is 1. The van der Waals surface area contributed by atoms with Crippen molar-refractivity contribution in [3.05, 3.63) is 0 Å². The van der Waals surface area contributed by atoms with Gasteiger partial charge in [-0.15, -0.1) is 0 Å². The van der Waals surface area contributed by atoms with E-state index in [1.165, 1.54) is 38.5 Å². The van der Waals surface area contributed by atoms with Gasteiger partial charge in [-0.2, -0.15) is 25.1 Å². The summed E-state index contributed by atoms with van der Waals surface area (Å²) < 4.78 is 0. The number of aromatic nitrogens is 3. The van der Waals surface area contributed by atoms with Gasteiger partial charge < -0.3 is 20.6 Å². The summed E-state index contributed by atoms with van der Waals surface area (Å²) >= 11 is 0. The second-order valence-electron chi connectivity index (χ2n) is 17.8. The highest BCUT2D eigenvalue weighted by molar-refractivity contribution is 5.45. The van der Waals surface area contributed by atoms with Gasteiger partial charge in [0, 0.05) is 54.4 Å². The smallest absolute Gasteiger partial charge is 0.231 e. The average molecular weight is 673 g/mol. The molecule has 3 N–H and O–H groups in total. The maximum Gasteiger partial charge on any atom is 0.231 e. The zero-order chi connectivity index (χ0) is 34.7. The van der Waals surface area contributed by atoms with Crippen LogP contribution in [0.5, 0.6) is 0 Å². The molecule has 3 heterocycles. The lowest BCUT2D eigenvalue weighted by molar-refractivity contribution is -0.309. The molecule has 1 aromatic rings. The molecule has 2 aliphatic carbocycles. The second kappa shape index (κ2) is 15.2. The van der Waals surface area contributed by atoms with Crippen LogP contribution in [0.2, 0.25) is 0 Å². The fourth-order valence-corrected chi connectivity index (χ4v) is 9.35. The maximum atomic E-state index is 9.43. The molecule has 2 saturated carbocycles. The standard InChI is InChI=1S/C37H68N8O3/c1-34(2)23-27(24-35(3,4)44(34)47-29-17-12-10-13-18-29)39-32-40-31(38-21-16-22-46)41-33(42-32)43(9)28-25-36(5,6)45(37(7,8)26-28)48-30-19-14-11-15-20-30/h27-30,46H,10-26H2,1-9H3,(H2,38,39,40,41,42). The molecule has 0 aromatic carbocycles. The minimum Gasteiger partial charge on any atom is -0.396 e. The largest absolute Gasteiger partial charge is 0.396 e. The van der Waals surface area contributed by atoms with Crippen molar-refractivity contribution in [3.8, 4) is 0 Å². The molecule has 0 radical (unpaired) electrons. The first-order valence-electron chi connectivity index (χ1n) is 19.1. The van der Waals surface area contributed by atoms with Crippen LogP contribution >= 0.6 is 0 Å². The molecule has 11 heteroatoms. The number of aliphatic hydroxyl groups is 1. The van der Waals surface area contributed by atoms with E-state index in [-0.39, 0.29) is 40.8 Å². The van der Waals surface area contributed by atoms with Gasteiger partial charge in [0.15, 0.2) is 0 Å². The number of hydrogen-bond donors (Lipinski definition) is 3. The molecule has 5 rings (SSSR count). The molecular formula is C37H68N8O3. The average Bonchev–Trinajstić information content (AvgIpc) is 3.01. The van der Waals surface area contributed by atoms with E-state index in [0.29, 0.717) is 43.0 Å². The molecule has 4 aliphatic rings. The third-order valence-corrected chi connectivity index (χ3v) is 11.2. The van der Waals surface area contributed by atoms with Gasteiger partial charge in [0.25, 0.3) is 0 Å². The van der Waals surface area contributed by atoms with Gasteiger partial charge in [-0.25, -0.2) is 0 Å². The summed E-state index contributed by atoms with van der Waals surface area (Å²) in [6.07, 6.45) is 17.2. The predicted molar refractivity (Wildman–Crippen MR) is 194 cm³/mol. The Morgan fingerprint density at radius 3 is 1.62 bits per heavy atom. The summed E-state index contributed by atoms with van der Waals surface area (Å²) in [5.41, 5.74) is -0.619. The van der Waals surface area contributed by atoms with Crippen molar-refractivity contribution in [2.75, 3.05) is 35.7 Å². The molecule has 0 amide bonds. The van der Waals surface area contributed by atoms with E-state index in [1.54, 1.807) is 0 Å². The minimum atomic E-state index is -0.156. The molecule has 0 unspecified atom stereocenters. The number of hydroxylamine groups is 4. The Bertz CT molecular complexity index is 1150. The van der Waals surface area contributed by atoms with Crippen LogP contribution < -0.4 is 15.5 Å². The van der Waals surface area contributed by atoms with Crippen molar-refractivity contribution in [1.82, 2.24) is 25.1 Å². The van der Waals surface area contributed by atoms with Crippen LogP contribution in [-0.4, -0.2) is 96.8 Å². The molecule has 274 valence electrons. The number of rotatable bonds is 12. The molecule has 0 atom stereocenters. The van der Waals surface area contributed by atoms with Crippen molar-refractivity contribution in [1.29, 1.82) is 0 Å². The molecule has 48 heavy (non-hydrogen) atoms. The lowest BCUT2D eigenvalue weighted by Gasteiger charge is -2.56. The van der Waals surface area contributed by atoms with Gasteiger partial charge in [-0.3, -0.25) is 9.68 Å². The Morgan fingerprint density at radius 1 is 0.688 bits per heavy atom. The van der Waals surface area contributed by atoms with Gasteiger partial charge >= 0.3 is 0 Å². The van der Waals surface area contributed by atoms with Crippen molar-refractivity contribution in [3.63, 3.8) is 0 Å². The first-order valence-corrected chi connectivity index (χ1v) is 19.1. The van der Waals surface area contributed by atoms with Crippen molar-refractivity contribution in [2.24, 2.45) is 0 Å². The molecule has 11 nitrogen and oxygen atoms in total. The number of nitrogens with one attached hydrogen (secondary N) is 2. The maximum absolute atomic E-state index is 9.43. The molecule has 0 bridgehead atoms. The van der Waals surface area contributed by atoms with Crippen molar-refractivity contribution >= 4 is 17.8 Å². The lowest BCUT2D eigenvalue weighted by Crippen LogP contribution is -2.64. The van der Waals surface area contributed by atoms with Crippen LogP contribution in [0.4, 0.5) is 17.8 Å². The molecule has 4 fully saturated rings. The molecule has 0 spiro atoms. The van der Waals surface area contributed by atoms with Gasteiger partial charge in [0.2, 0.25) is 17.8 Å². The molecule has 1 aromatic heterocycles. The van der Waals surface area contributed by atoms with Crippen molar-refractivity contribution in [2.45, 2.75) is 198 Å². The van der Waals surface area contributed by atoms with Gasteiger partial charge in [-0.1, -0.05) is 38.5 Å². The lowest BCUT2D eigenvalue weighted by atomic mass is 9.78. The van der Waals surface area contributed by atoms with Crippen LogP contribution in [0.15, 0.2) is 0 Å². The summed E-state index contributed by atoms with van der Waals surface area (Å²) in [4.78, 5) is 30.6. The van der Waals surface area contributed by atoms with E-state index in [4.69, 9.17) is 24.6 Å². The molecule has 2 aliphatic heterocycles. The Labute approximate surface area is 291 Å². The number of nitrogens with zero attached hydrogens (tertiary/aromatic N) is 6. The van der Waals surface area contributed by atoms with Gasteiger partial charge in [0.1, 0.15) is 0 Å². The Balaban J connectivity index is 1.33. The summed E-state index contributed by atoms with van der Waals surface area (Å²) in [6.45, 7) is 19.2. The number of piperidine rings is 2. The number of hydrogen-bond acceptors (Lipinski definition) is 11. The Hall–Kier alpha value is -1.79. The Morgan fingerprint density at radius 2 is 1.15 bits per heavy atom. The molecular weight excluding hydrogens is 604 g/mol. The third-order valence-electron chi connectivity index (χ3n) is 11.2. The topological polar surface area (TPSA) is 111 Å². The number of anilines is 3. The van der Waals surface area contributed by atoms with E-state index in [0.717, 1.165) is 51.4 Å². The summed E-state index contributed by atoms with van der Waals surface area (Å²) in [5, 5.41) is 21.1. The summed E-state index contributed by atoms with van der Waals surface area (Å²) in [6, 6.07) is 0.393. The van der Waals surface area contributed by atoms with Crippen LogP contribution in [0.25, 0.3) is 0 Å². The second-order valence-corrected chi connectivity index (χ2v) is 17.8. The predicted octanol–water partition coefficient (Wildman–Crippen LogP) is 7.09. The van der Waals surface area contributed by atoms with E-state index < -0.39 is 0 Å². The van der Waals surface area contributed by atoms with Crippen LogP contribution in [0, 0.1) is 0 Å². The highest BCUT2D eigenvalue weighted by Crippen LogP contribution is 2.43. The van der Waals surface area contributed by atoms with E-state index in [1.807, 2.05) is 0 Å². The summed E-state index contributed by atoms with van der Waals surface area (Å²) in [5.74, 6) is 1.79. The zero-order valence-electron chi connectivity index (χ0n) is 31.8. The van der Waals surface area contributed by atoms with Gasteiger partial charge in [0.05, 0.1) is 12.2 Å². The molecule has 2 saturated heterocycles. The van der Waals surface area contributed by atoms with Crippen LogP contribution in [-0.2, 0) is 9.68 Å². The first-order chi connectivity index (χ1) is 22.6. The van der Waals surface area contributed by atoms with Crippen LogP contribution in [0.3, 0.4) is 0 Å². The fraction of sp³-hybridized carbons (Fsp3) is 0.919. The monoisotopic (exact) mass is 673 g/mol. The highest BCUT2D eigenvalue weighted by Gasteiger charge is 2.50. The fourth-order valence-electron chi connectivity index (χ4n) is 9.35. The first kappa shape index (κ1) is 37.5. The van der Waals surface area contributed by atoms with E-state index in [9.17, 15) is 5.11 Å². The van der Waals surface area contributed by atoms with E-state index in [2.05, 4.69) is 88.1 Å². The SMILES string of the molecule is CN(c1nc(NCCCO)nc(NC2CC(C)(C)N(OC3CCCCC3)C(C)(C)C2)n1)C1CC(C)(C)N(OC2CCCCC2)C(C)(C)C1. The van der Waals surface area contributed by atoms with Crippen LogP contribution in [0.1, 0.15) is 152 Å². The quantitative estimate of drug-likeness (QED) is 0.198. The minimum absolute atomic E-state index is 0.118. The highest BCUT2D eigenvalue weighted by atomic mass is 16.7. The normalized spacial score (nSPS) is 26.0. The Kier molecular flexibility index (Phi) is 11.9. The van der Waals surface area contributed by atoms with E-state index >= 15 is 0 Å². The zero-order valence-corrected chi connectivity index (χ0v) is 31.8.